The summed E-state index contributed by atoms with van der Waals surface area (Å²) in [4.78, 5) is 23.5. The lowest BCUT2D eigenvalue weighted by Gasteiger charge is -2.09. The standard InChI is InChI=1S/C10H13N5O2S/c1-2-17-10(16)7(11)4-18-15-6-14-8-3-12-5-13-9(8)15/h3,5-7H,2,4,11H2,1H3/t7-/m0/s1. The van der Waals surface area contributed by atoms with Crippen LogP contribution in [0.15, 0.2) is 18.9 Å². The molecule has 0 aliphatic carbocycles. The highest BCUT2D eigenvalue weighted by Gasteiger charge is 2.15. The Morgan fingerprint density at radius 2 is 2.44 bits per heavy atom. The normalized spacial score (nSPS) is 12.6. The van der Waals surface area contributed by atoms with Crippen molar-refractivity contribution in [2.75, 3.05) is 12.4 Å². The predicted octanol–water partition coefficient (Wildman–Crippen LogP) is 0.213. The van der Waals surface area contributed by atoms with Gasteiger partial charge in [-0.1, -0.05) is 0 Å². The minimum atomic E-state index is -0.658. The number of ether oxygens (including phenoxy) is 1. The second-order valence-electron chi connectivity index (χ2n) is 3.46. The fraction of sp³-hybridized carbons (Fsp3) is 0.400. The summed E-state index contributed by atoms with van der Waals surface area (Å²) in [7, 11) is 0. The number of nitrogens with two attached hydrogens (primary N) is 1. The summed E-state index contributed by atoms with van der Waals surface area (Å²) in [5.74, 6) is -0.00191. The maximum Gasteiger partial charge on any atom is 0.323 e. The third kappa shape index (κ3) is 2.77. The van der Waals surface area contributed by atoms with E-state index in [1.165, 1.54) is 18.3 Å². The molecule has 0 fully saturated rings. The number of hydrogen-bond acceptors (Lipinski definition) is 7. The first kappa shape index (κ1) is 12.8. The molecule has 0 aliphatic heterocycles. The Morgan fingerprint density at radius 1 is 1.61 bits per heavy atom. The van der Waals surface area contributed by atoms with Gasteiger partial charge in [0.25, 0.3) is 0 Å². The van der Waals surface area contributed by atoms with Crippen LogP contribution < -0.4 is 5.73 Å². The number of fused-ring (bicyclic) bond motifs is 1. The molecule has 0 saturated carbocycles. The van der Waals surface area contributed by atoms with Gasteiger partial charge < -0.3 is 10.5 Å². The Hall–Kier alpha value is -1.67. The molecule has 2 aromatic rings. The van der Waals surface area contributed by atoms with Crippen LogP contribution in [0.2, 0.25) is 0 Å². The Kier molecular flexibility index (Phi) is 4.11. The summed E-state index contributed by atoms with van der Waals surface area (Å²) in [5.41, 5.74) is 7.11. The zero-order chi connectivity index (χ0) is 13.0. The topological polar surface area (TPSA) is 95.9 Å². The van der Waals surface area contributed by atoms with Gasteiger partial charge in [-0.3, -0.25) is 8.77 Å². The lowest BCUT2D eigenvalue weighted by molar-refractivity contribution is -0.144. The fourth-order valence-electron chi connectivity index (χ4n) is 1.32. The molecule has 8 heteroatoms. The quantitative estimate of drug-likeness (QED) is 0.774. The molecular formula is C10H13N5O2S. The van der Waals surface area contributed by atoms with Crippen LogP contribution in [0.4, 0.5) is 0 Å². The number of carbonyl (C=O) groups is 1. The minimum Gasteiger partial charge on any atom is -0.465 e. The van der Waals surface area contributed by atoms with Gasteiger partial charge in [-0.05, 0) is 18.9 Å². The van der Waals surface area contributed by atoms with Crippen LogP contribution in [0.1, 0.15) is 6.92 Å². The van der Waals surface area contributed by atoms with E-state index >= 15 is 0 Å². The second-order valence-corrected chi connectivity index (χ2v) is 4.44. The minimum absolute atomic E-state index is 0.332. The van der Waals surface area contributed by atoms with Crippen molar-refractivity contribution in [2.24, 2.45) is 5.73 Å². The highest BCUT2D eigenvalue weighted by molar-refractivity contribution is 7.98. The Labute approximate surface area is 108 Å². The van der Waals surface area contributed by atoms with Crippen molar-refractivity contribution < 1.29 is 9.53 Å². The maximum absolute atomic E-state index is 11.4. The molecule has 0 radical (unpaired) electrons. The molecule has 0 unspecified atom stereocenters. The highest BCUT2D eigenvalue weighted by atomic mass is 32.2. The molecule has 0 amide bonds. The van der Waals surface area contributed by atoms with Gasteiger partial charge in [-0.2, -0.15) is 0 Å². The number of aromatic nitrogens is 4. The first-order valence-corrected chi connectivity index (χ1v) is 6.35. The molecule has 2 rings (SSSR count). The summed E-state index contributed by atoms with van der Waals surface area (Å²) < 4.78 is 6.59. The van der Waals surface area contributed by atoms with Crippen LogP contribution in [-0.2, 0) is 9.53 Å². The van der Waals surface area contributed by atoms with E-state index in [1.807, 2.05) is 0 Å². The number of nitrogens with zero attached hydrogens (tertiary/aromatic N) is 4. The van der Waals surface area contributed by atoms with E-state index in [1.54, 1.807) is 23.4 Å². The molecule has 0 bridgehead atoms. The van der Waals surface area contributed by atoms with Crippen molar-refractivity contribution >= 4 is 29.1 Å². The fourth-order valence-corrected chi connectivity index (χ4v) is 2.15. The molecular weight excluding hydrogens is 254 g/mol. The van der Waals surface area contributed by atoms with Crippen LogP contribution in [0.25, 0.3) is 11.2 Å². The SMILES string of the molecule is CCOC(=O)[C@@H](N)CSn1cnc2cncnc21. The molecule has 2 aromatic heterocycles. The lowest BCUT2D eigenvalue weighted by Crippen LogP contribution is -2.34. The summed E-state index contributed by atoms with van der Waals surface area (Å²) in [6.07, 6.45) is 4.71. The number of carbonyl (C=O) groups excluding carboxylic acids is 1. The molecule has 0 aromatic carbocycles. The van der Waals surface area contributed by atoms with E-state index in [-0.39, 0.29) is 0 Å². The van der Waals surface area contributed by atoms with Crippen LogP contribution in [0.5, 0.6) is 0 Å². The molecule has 18 heavy (non-hydrogen) atoms. The van der Waals surface area contributed by atoms with Gasteiger partial charge >= 0.3 is 5.97 Å². The zero-order valence-corrected chi connectivity index (χ0v) is 10.6. The van der Waals surface area contributed by atoms with Crippen molar-refractivity contribution in [3.8, 4) is 0 Å². The van der Waals surface area contributed by atoms with Gasteiger partial charge in [-0.15, -0.1) is 0 Å². The van der Waals surface area contributed by atoms with E-state index in [9.17, 15) is 4.79 Å². The van der Waals surface area contributed by atoms with Crippen LogP contribution in [-0.4, -0.2) is 43.3 Å². The lowest BCUT2D eigenvalue weighted by atomic mass is 10.4. The van der Waals surface area contributed by atoms with E-state index in [2.05, 4.69) is 15.0 Å². The summed E-state index contributed by atoms with van der Waals surface area (Å²) in [5, 5.41) is 0. The van der Waals surface area contributed by atoms with Crippen LogP contribution in [0, 0.1) is 0 Å². The van der Waals surface area contributed by atoms with Gasteiger partial charge in [0.1, 0.15) is 24.2 Å². The molecule has 0 aliphatic rings. The molecule has 0 spiro atoms. The monoisotopic (exact) mass is 267 g/mol. The Bertz CT molecular complexity index is 544. The van der Waals surface area contributed by atoms with Crippen LogP contribution in [0.3, 0.4) is 0 Å². The summed E-state index contributed by atoms with van der Waals surface area (Å²) in [6, 6.07) is -0.658. The highest BCUT2D eigenvalue weighted by Crippen LogP contribution is 2.15. The van der Waals surface area contributed by atoms with Gasteiger partial charge in [0.05, 0.1) is 12.8 Å². The number of imidazole rings is 1. The van der Waals surface area contributed by atoms with Crippen molar-refractivity contribution in [3.05, 3.63) is 18.9 Å². The van der Waals surface area contributed by atoms with E-state index < -0.39 is 12.0 Å². The Balaban J connectivity index is 2.00. The molecule has 2 N–H and O–H groups in total. The molecule has 96 valence electrons. The largest absolute Gasteiger partial charge is 0.465 e. The van der Waals surface area contributed by atoms with Crippen molar-refractivity contribution in [1.82, 2.24) is 18.9 Å². The maximum atomic E-state index is 11.4. The van der Waals surface area contributed by atoms with Gasteiger partial charge in [0.15, 0.2) is 5.65 Å². The van der Waals surface area contributed by atoms with Gasteiger partial charge in [0.2, 0.25) is 0 Å². The van der Waals surface area contributed by atoms with Gasteiger partial charge in [-0.25, -0.2) is 15.0 Å². The third-order valence-corrected chi connectivity index (χ3v) is 3.22. The zero-order valence-electron chi connectivity index (χ0n) is 9.81. The number of rotatable bonds is 5. The smallest absolute Gasteiger partial charge is 0.323 e. The summed E-state index contributed by atoms with van der Waals surface area (Å²) >= 11 is 1.36. The third-order valence-electron chi connectivity index (χ3n) is 2.17. The average molecular weight is 267 g/mol. The number of hydrogen-bond donors (Lipinski definition) is 1. The van der Waals surface area contributed by atoms with Crippen molar-refractivity contribution in [3.63, 3.8) is 0 Å². The first-order valence-electron chi connectivity index (χ1n) is 5.41. The van der Waals surface area contributed by atoms with Gasteiger partial charge in [0, 0.05) is 5.75 Å². The van der Waals surface area contributed by atoms with E-state index in [0.29, 0.717) is 23.5 Å². The van der Waals surface area contributed by atoms with E-state index in [0.717, 1.165) is 0 Å². The molecule has 7 nitrogen and oxygen atoms in total. The van der Waals surface area contributed by atoms with Crippen LogP contribution >= 0.6 is 11.9 Å². The number of esters is 1. The second kappa shape index (κ2) is 5.78. The Morgan fingerprint density at radius 3 is 3.22 bits per heavy atom. The summed E-state index contributed by atoms with van der Waals surface area (Å²) in [6.45, 7) is 2.08. The first-order chi connectivity index (χ1) is 8.72. The molecule has 2 heterocycles. The van der Waals surface area contributed by atoms with Crippen molar-refractivity contribution in [1.29, 1.82) is 0 Å². The molecule has 0 saturated heterocycles. The van der Waals surface area contributed by atoms with Crippen molar-refractivity contribution in [2.45, 2.75) is 13.0 Å². The average Bonchev–Trinajstić information content (AvgIpc) is 2.79. The molecule has 1 atom stereocenters. The van der Waals surface area contributed by atoms with E-state index in [4.69, 9.17) is 10.5 Å². The predicted molar refractivity (Wildman–Crippen MR) is 67.8 cm³/mol.